The third kappa shape index (κ3) is 1.73. The van der Waals surface area contributed by atoms with Crippen molar-refractivity contribution in [3.63, 3.8) is 0 Å². The molecule has 0 atom stereocenters. The predicted octanol–water partition coefficient (Wildman–Crippen LogP) is 1.44. The van der Waals surface area contributed by atoms with Crippen molar-refractivity contribution in [2.75, 3.05) is 0 Å². The highest BCUT2D eigenvalue weighted by Gasteiger charge is 2.08. The number of nitrogens with zero attached hydrogens (tertiary/aromatic N) is 4. The van der Waals surface area contributed by atoms with E-state index < -0.39 is 0 Å². The average molecular weight is 223 g/mol. The van der Waals surface area contributed by atoms with Gasteiger partial charge >= 0.3 is 0 Å². The first-order valence-corrected chi connectivity index (χ1v) is 4.59. The van der Waals surface area contributed by atoms with Crippen molar-refractivity contribution in [2.24, 2.45) is 0 Å². The molecule has 0 unspecified atom stereocenters. The molecule has 0 saturated carbocycles. The molecule has 5 nitrogen and oxygen atoms in total. The van der Waals surface area contributed by atoms with Gasteiger partial charge in [0, 0.05) is 0 Å². The highest BCUT2D eigenvalue weighted by atomic mass is 35.5. The van der Waals surface area contributed by atoms with Gasteiger partial charge in [0.25, 0.3) is 0 Å². The molecule has 0 saturated heterocycles. The van der Waals surface area contributed by atoms with Crippen LogP contribution in [-0.4, -0.2) is 26.3 Å². The SMILES string of the molecule is Cc1c(C=O)cnn1-c1ccc(Cl)nn1. The number of rotatable bonds is 2. The molecule has 2 aromatic rings. The second kappa shape index (κ2) is 3.78. The Morgan fingerprint density at radius 3 is 2.73 bits per heavy atom. The van der Waals surface area contributed by atoms with Crippen LogP contribution in [0.25, 0.3) is 5.82 Å². The number of aldehydes is 1. The van der Waals surface area contributed by atoms with Crippen LogP contribution in [0.1, 0.15) is 16.1 Å². The molecule has 0 aliphatic rings. The molecule has 15 heavy (non-hydrogen) atoms. The lowest BCUT2D eigenvalue weighted by molar-refractivity contribution is 0.112. The van der Waals surface area contributed by atoms with Gasteiger partial charge in [0.05, 0.1) is 17.5 Å². The van der Waals surface area contributed by atoms with Gasteiger partial charge in [-0.1, -0.05) is 11.6 Å². The molecule has 2 aromatic heterocycles. The Labute approximate surface area is 90.7 Å². The van der Waals surface area contributed by atoms with Crippen molar-refractivity contribution in [1.29, 1.82) is 0 Å². The van der Waals surface area contributed by atoms with E-state index in [0.717, 1.165) is 12.0 Å². The Morgan fingerprint density at radius 1 is 1.40 bits per heavy atom. The van der Waals surface area contributed by atoms with Crippen molar-refractivity contribution < 1.29 is 4.79 Å². The maximum absolute atomic E-state index is 10.6. The molecule has 0 bridgehead atoms. The summed E-state index contributed by atoms with van der Waals surface area (Å²) < 4.78 is 1.53. The summed E-state index contributed by atoms with van der Waals surface area (Å²) in [5.41, 5.74) is 1.26. The van der Waals surface area contributed by atoms with E-state index in [0.29, 0.717) is 16.5 Å². The van der Waals surface area contributed by atoms with E-state index in [2.05, 4.69) is 15.3 Å². The number of hydrogen-bond acceptors (Lipinski definition) is 4. The lowest BCUT2D eigenvalue weighted by Crippen LogP contribution is -2.03. The van der Waals surface area contributed by atoms with Gasteiger partial charge in [0.2, 0.25) is 0 Å². The van der Waals surface area contributed by atoms with Crippen LogP contribution < -0.4 is 0 Å². The lowest BCUT2D eigenvalue weighted by Gasteiger charge is -2.01. The highest BCUT2D eigenvalue weighted by molar-refractivity contribution is 6.29. The largest absolute Gasteiger partial charge is 0.298 e. The van der Waals surface area contributed by atoms with Crippen LogP contribution in [0.15, 0.2) is 18.3 Å². The summed E-state index contributed by atoms with van der Waals surface area (Å²) in [6.45, 7) is 1.78. The van der Waals surface area contributed by atoms with Gasteiger partial charge in [-0.3, -0.25) is 4.79 Å². The molecular weight excluding hydrogens is 216 g/mol. The quantitative estimate of drug-likeness (QED) is 0.722. The molecule has 0 aliphatic carbocycles. The van der Waals surface area contributed by atoms with Crippen molar-refractivity contribution in [3.8, 4) is 5.82 Å². The first-order chi connectivity index (χ1) is 7.22. The molecule has 0 aliphatic heterocycles. The van der Waals surface area contributed by atoms with Gasteiger partial charge < -0.3 is 0 Å². The summed E-state index contributed by atoms with van der Waals surface area (Å²) in [5, 5.41) is 11.9. The van der Waals surface area contributed by atoms with Gasteiger partial charge in [-0.15, -0.1) is 10.2 Å². The zero-order valence-electron chi connectivity index (χ0n) is 7.88. The maximum Gasteiger partial charge on any atom is 0.176 e. The monoisotopic (exact) mass is 222 g/mol. The fourth-order valence-corrected chi connectivity index (χ4v) is 1.29. The number of halogens is 1. The normalized spacial score (nSPS) is 10.3. The van der Waals surface area contributed by atoms with E-state index in [1.165, 1.54) is 10.9 Å². The van der Waals surface area contributed by atoms with Crippen LogP contribution in [0.4, 0.5) is 0 Å². The number of carbonyl (C=O) groups is 1. The Balaban J connectivity index is 2.49. The summed E-state index contributed by atoms with van der Waals surface area (Å²) in [4.78, 5) is 10.6. The molecular formula is C9H7ClN4O. The minimum Gasteiger partial charge on any atom is -0.298 e. The Bertz CT molecular complexity index is 491. The lowest BCUT2D eigenvalue weighted by atomic mass is 10.3. The van der Waals surface area contributed by atoms with E-state index >= 15 is 0 Å². The fourth-order valence-electron chi connectivity index (χ4n) is 1.19. The number of carbonyl (C=O) groups excluding carboxylic acids is 1. The third-order valence-electron chi connectivity index (χ3n) is 2.01. The van der Waals surface area contributed by atoms with Crippen LogP contribution in [0, 0.1) is 6.92 Å². The van der Waals surface area contributed by atoms with Gasteiger partial charge in [0.15, 0.2) is 17.3 Å². The van der Waals surface area contributed by atoms with Crippen molar-refractivity contribution >= 4 is 17.9 Å². The molecule has 0 radical (unpaired) electrons. The molecule has 0 N–H and O–H groups in total. The summed E-state index contributed by atoms with van der Waals surface area (Å²) >= 11 is 5.61. The Kier molecular flexibility index (Phi) is 2.47. The second-order valence-electron chi connectivity index (χ2n) is 2.93. The molecule has 0 fully saturated rings. The zero-order valence-corrected chi connectivity index (χ0v) is 8.64. The van der Waals surface area contributed by atoms with E-state index in [9.17, 15) is 4.79 Å². The summed E-state index contributed by atoms with van der Waals surface area (Å²) in [6, 6.07) is 3.30. The van der Waals surface area contributed by atoms with Crippen LogP contribution in [0.3, 0.4) is 0 Å². The molecule has 2 heterocycles. The summed E-state index contributed by atoms with van der Waals surface area (Å²) in [5.74, 6) is 0.532. The second-order valence-corrected chi connectivity index (χ2v) is 3.32. The van der Waals surface area contributed by atoms with Crippen LogP contribution in [0.2, 0.25) is 5.15 Å². The smallest absolute Gasteiger partial charge is 0.176 e. The van der Waals surface area contributed by atoms with Crippen LogP contribution in [0.5, 0.6) is 0 Å². The molecule has 6 heteroatoms. The van der Waals surface area contributed by atoms with Crippen LogP contribution in [-0.2, 0) is 0 Å². The average Bonchev–Trinajstić information content (AvgIpc) is 2.61. The maximum atomic E-state index is 10.6. The topological polar surface area (TPSA) is 60.7 Å². The minimum atomic E-state index is 0.319. The number of hydrogen-bond donors (Lipinski definition) is 0. The van der Waals surface area contributed by atoms with Gasteiger partial charge in [0.1, 0.15) is 0 Å². The standard InChI is InChI=1S/C9H7ClN4O/c1-6-7(5-15)4-11-14(6)9-3-2-8(10)12-13-9/h2-5H,1H3. The summed E-state index contributed by atoms with van der Waals surface area (Å²) in [7, 11) is 0. The van der Waals surface area contributed by atoms with E-state index in [4.69, 9.17) is 11.6 Å². The van der Waals surface area contributed by atoms with Gasteiger partial charge in [-0.25, -0.2) is 4.68 Å². The predicted molar refractivity (Wildman–Crippen MR) is 54.3 cm³/mol. The van der Waals surface area contributed by atoms with E-state index in [1.807, 2.05) is 0 Å². The fraction of sp³-hybridized carbons (Fsp3) is 0.111. The number of aromatic nitrogens is 4. The van der Waals surface area contributed by atoms with Gasteiger partial charge in [-0.2, -0.15) is 5.10 Å². The Hall–Kier alpha value is -1.75. The van der Waals surface area contributed by atoms with Crippen molar-refractivity contribution in [1.82, 2.24) is 20.0 Å². The first-order valence-electron chi connectivity index (χ1n) is 4.22. The molecule has 76 valence electrons. The molecule has 0 spiro atoms. The van der Waals surface area contributed by atoms with Crippen molar-refractivity contribution in [2.45, 2.75) is 6.92 Å². The zero-order chi connectivity index (χ0) is 10.8. The molecule has 0 amide bonds. The third-order valence-corrected chi connectivity index (χ3v) is 2.21. The van der Waals surface area contributed by atoms with E-state index in [1.54, 1.807) is 19.1 Å². The highest BCUT2D eigenvalue weighted by Crippen LogP contribution is 2.11. The minimum absolute atomic E-state index is 0.319. The van der Waals surface area contributed by atoms with Crippen molar-refractivity contribution in [3.05, 3.63) is 34.7 Å². The Morgan fingerprint density at radius 2 is 2.20 bits per heavy atom. The van der Waals surface area contributed by atoms with E-state index in [-0.39, 0.29) is 0 Å². The molecule has 0 aromatic carbocycles. The van der Waals surface area contributed by atoms with Gasteiger partial charge in [-0.05, 0) is 19.1 Å². The molecule has 2 rings (SSSR count). The van der Waals surface area contributed by atoms with Crippen LogP contribution >= 0.6 is 11.6 Å². The summed E-state index contributed by atoms with van der Waals surface area (Å²) in [6.07, 6.45) is 2.24. The first kappa shape index (κ1) is 9.79.